The van der Waals surface area contributed by atoms with Crippen LogP contribution in [0, 0.1) is 6.92 Å². The first-order chi connectivity index (χ1) is 8.11. The van der Waals surface area contributed by atoms with Crippen LogP contribution in [0.2, 0.25) is 0 Å². The molecule has 1 saturated heterocycles. The zero-order valence-corrected chi connectivity index (χ0v) is 10.1. The predicted octanol–water partition coefficient (Wildman–Crippen LogP) is 0.458. The largest absolute Gasteiger partial charge is 0.479 e. The molecule has 92 valence electrons. The van der Waals surface area contributed by atoms with Gasteiger partial charge in [0.1, 0.15) is 5.75 Å². The summed E-state index contributed by atoms with van der Waals surface area (Å²) in [6.07, 6.45) is 0.322. The van der Waals surface area contributed by atoms with E-state index in [0.29, 0.717) is 24.4 Å². The number of nitrogens with zero attached hydrogens (tertiary/aromatic N) is 2. The molecule has 1 fully saturated rings. The van der Waals surface area contributed by atoms with Crippen LogP contribution < -0.4 is 10.5 Å². The fourth-order valence-corrected chi connectivity index (χ4v) is 1.90. The molecule has 1 aliphatic rings. The zero-order valence-electron chi connectivity index (χ0n) is 10.1. The van der Waals surface area contributed by atoms with Crippen molar-refractivity contribution in [3.63, 3.8) is 0 Å². The number of carbonyl (C=O) groups is 1. The number of ether oxygens (including phenoxy) is 1. The molecule has 0 aromatic carbocycles. The Hall–Kier alpha value is -1.62. The second kappa shape index (κ2) is 4.71. The summed E-state index contributed by atoms with van der Waals surface area (Å²) in [6.45, 7) is 2.95. The van der Waals surface area contributed by atoms with Crippen molar-refractivity contribution in [2.24, 2.45) is 5.73 Å². The molecule has 0 aliphatic carbocycles. The minimum absolute atomic E-state index is 0.0218. The number of amides is 1. The van der Waals surface area contributed by atoms with E-state index in [0.717, 1.165) is 12.2 Å². The molecular weight excluding hydrogens is 218 g/mol. The number of pyridine rings is 1. The van der Waals surface area contributed by atoms with Gasteiger partial charge in [-0.05, 0) is 19.1 Å². The number of aryl methyl sites for hydroxylation is 1. The van der Waals surface area contributed by atoms with E-state index in [1.165, 1.54) is 0 Å². The molecule has 1 unspecified atom stereocenters. The van der Waals surface area contributed by atoms with Gasteiger partial charge in [0.25, 0.3) is 5.91 Å². The average molecular weight is 235 g/mol. The highest BCUT2D eigenvalue weighted by Gasteiger charge is 2.31. The van der Waals surface area contributed by atoms with Crippen molar-refractivity contribution in [3.05, 3.63) is 23.5 Å². The summed E-state index contributed by atoms with van der Waals surface area (Å²) in [7, 11) is 1.78. The molecule has 5 heteroatoms. The van der Waals surface area contributed by atoms with Crippen molar-refractivity contribution in [2.75, 3.05) is 13.6 Å². The Balaban J connectivity index is 2.16. The number of carbonyl (C=O) groups excluding carboxylic acids is 1. The minimum atomic E-state index is -0.394. The maximum Gasteiger partial charge on any atom is 0.263 e. The molecule has 0 saturated carbocycles. The van der Waals surface area contributed by atoms with Gasteiger partial charge in [0.15, 0.2) is 6.10 Å². The van der Waals surface area contributed by atoms with Gasteiger partial charge in [0.05, 0.1) is 5.69 Å². The summed E-state index contributed by atoms with van der Waals surface area (Å²) in [5.41, 5.74) is 7.22. The predicted molar refractivity (Wildman–Crippen MR) is 63.5 cm³/mol. The van der Waals surface area contributed by atoms with E-state index in [2.05, 4.69) is 4.98 Å². The molecule has 1 aromatic rings. The van der Waals surface area contributed by atoms with Gasteiger partial charge in [0.2, 0.25) is 0 Å². The highest BCUT2D eigenvalue weighted by molar-refractivity contribution is 5.83. The summed E-state index contributed by atoms with van der Waals surface area (Å²) >= 11 is 0. The summed E-state index contributed by atoms with van der Waals surface area (Å²) in [6, 6.07) is 3.69. The molecule has 1 amide bonds. The maximum atomic E-state index is 11.7. The molecule has 0 bridgehead atoms. The van der Waals surface area contributed by atoms with Gasteiger partial charge < -0.3 is 15.4 Å². The van der Waals surface area contributed by atoms with E-state index in [4.69, 9.17) is 10.5 Å². The molecule has 2 rings (SSSR count). The summed E-state index contributed by atoms with van der Waals surface area (Å²) in [4.78, 5) is 17.7. The Morgan fingerprint density at radius 2 is 2.35 bits per heavy atom. The fourth-order valence-electron chi connectivity index (χ4n) is 1.90. The normalized spacial score (nSPS) is 19.8. The van der Waals surface area contributed by atoms with Gasteiger partial charge in [-0.1, -0.05) is 0 Å². The van der Waals surface area contributed by atoms with Crippen molar-refractivity contribution in [2.45, 2.75) is 26.0 Å². The third-order valence-corrected chi connectivity index (χ3v) is 2.91. The Morgan fingerprint density at radius 3 is 2.94 bits per heavy atom. The van der Waals surface area contributed by atoms with Crippen LogP contribution in [-0.4, -0.2) is 35.5 Å². The van der Waals surface area contributed by atoms with Crippen LogP contribution in [0.5, 0.6) is 5.75 Å². The number of hydrogen-bond acceptors (Lipinski definition) is 4. The fraction of sp³-hybridized carbons (Fsp3) is 0.500. The molecule has 1 aromatic heterocycles. The molecule has 0 radical (unpaired) electrons. The maximum absolute atomic E-state index is 11.7. The van der Waals surface area contributed by atoms with Gasteiger partial charge in [0, 0.05) is 32.3 Å². The monoisotopic (exact) mass is 235 g/mol. The SMILES string of the molecule is Cc1ccc(OC2CCN(C)C2=O)c(CN)n1. The number of hydrogen-bond donors (Lipinski definition) is 1. The van der Waals surface area contributed by atoms with Crippen LogP contribution in [0.4, 0.5) is 0 Å². The Morgan fingerprint density at radius 1 is 1.59 bits per heavy atom. The quantitative estimate of drug-likeness (QED) is 0.826. The Kier molecular flexibility index (Phi) is 3.28. The standard InChI is InChI=1S/C12H17N3O2/c1-8-3-4-10(9(7-13)14-8)17-11-5-6-15(2)12(11)16/h3-4,11H,5-7,13H2,1-2H3. The molecule has 17 heavy (non-hydrogen) atoms. The van der Waals surface area contributed by atoms with E-state index >= 15 is 0 Å². The molecule has 2 heterocycles. The first-order valence-corrected chi connectivity index (χ1v) is 5.70. The third kappa shape index (κ3) is 2.39. The molecular formula is C12H17N3O2. The highest BCUT2D eigenvalue weighted by Crippen LogP contribution is 2.21. The summed E-state index contributed by atoms with van der Waals surface area (Å²) in [5.74, 6) is 0.639. The van der Waals surface area contributed by atoms with Crippen molar-refractivity contribution >= 4 is 5.91 Å². The minimum Gasteiger partial charge on any atom is -0.479 e. The van der Waals surface area contributed by atoms with Crippen molar-refractivity contribution < 1.29 is 9.53 Å². The van der Waals surface area contributed by atoms with Crippen molar-refractivity contribution in [1.82, 2.24) is 9.88 Å². The lowest BCUT2D eigenvalue weighted by Gasteiger charge is -2.15. The average Bonchev–Trinajstić information content (AvgIpc) is 2.63. The third-order valence-electron chi connectivity index (χ3n) is 2.91. The lowest BCUT2D eigenvalue weighted by molar-refractivity contribution is -0.132. The van der Waals surface area contributed by atoms with Crippen LogP contribution in [0.3, 0.4) is 0 Å². The summed E-state index contributed by atoms with van der Waals surface area (Å²) in [5, 5.41) is 0. The molecule has 5 nitrogen and oxygen atoms in total. The molecule has 0 spiro atoms. The van der Waals surface area contributed by atoms with Crippen LogP contribution in [0.15, 0.2) is 12.1 Å². The number of likely N-dealkylation sites (tertiary alicyclic amines) is 1. The Bertz CT molecular complexity index is 434. The highest BCUT2D eigenvalue weighted by atomic mass is 16.5. The van der Waals surface area contributed by atoms with E-state index in [9.17, 15) is 4.79 Å². The molecule has 2 N–H and O–H groups in total. The molecule has 1 aliphatic heterocycles. The van der Waals surface area contributed by atoms with Crippen LogP contribution in [-0.2, 0) is 11.3 Å². The lowest BCUT2D eigenvalue weighted by Crippen LogP contribution is -2.29. The van der Waals surface area contributed by atoms with Gasteiger partial charge in [-0.2, -0.15) is 0 Å². The van der Waals surface area contributed by atoms with E-state index in [1.54, 1.807) is 11.9 Å². The van der Waals surface area contributed by atoms with Gasteiger partial charge in [-0.15, -0.1) is 0 Å². The Labute approximate surface area is 101 Å². The van der Waals surface area contributed by atoms with Gasteiger partial charge in [-0.3, -0.25) is 9.78 Å². The zero-order chi connectivity index (χ0) is 12.4. The van der Waals surface area contributed by atoms with E-state index < -0.39 is 6.10 Å². The first kappa shape index (κ1) is 11.9. The second-order valence-corrected chi connectivity index (χ2v) is 4.26. The van der Waals surface area contributed by atoms with Crippen molar-refractivity contribution in [3.8, 4) is 5.75 Å². The first-order valence-electron chi connectivity index (χ1n) is 5.70. The smallest absolute Gasteiger partial charge is 0.263 e. The van der Waals surface area contributed by atoms with E-state index in [1.807, 2.05) is 19.1 Å². The van der Waals surface area contributed by atoms with Crippen LogP contribution >= 0.6 is 0 Å². The number of likely N-dealkylation sites (N-methyl/N-ethyl adjacent to an activating group) is 1. The number of rotatable bonds is 3. The van der Waals surface area contributed by atoms with Crippen LogP contribution in [0.1, 0.15) is 17.8 Å². The van der Waals surface area contributed by atoms with Gasteiger partial charge >= 0.3 is 0 Å². The molecule has 1 atom stereocenters. The van der Waals surface area contributed by atoms with Gasteiger partial charge in [-0.25, -0.2) is 0 Å². The van der Waals surface area contributed by atoms with Crippen molar-refractivity contribution in [1.29, 1.82) is 0 Å². The second-order valence-electron chi connectivity index (χ2n) is 4.26. The lowest BCUT2D eigenvalue weighted by atomic mass is 10.2. The number of aromatic nitrogens is 1. The van der Waals surface area contributed by atoms with Crippen LogP contribution in [0.25, 0.3) is 0 Å². The number of nitrogens with two attached hydrogens (primary N) is 1. The van der Waals surface area contributed by atoms with E-state index in [-0.39, 0.29) is 5.91 Å². The summed E-state index contributed by atoms with van der Waals surface area (Å²) < 4.78 is 5.70. The topological polar surface area (TPSA) is 68.5 Å².